The molecule has 3 heterocycles. The van der Waals surface area contributed by atoms with Crippen LogP contribution in [-0.4, -0.2) is 38.3 Å². The first-order valence-corrected chi connectivity index (χ1v) is 13.3. The predicted molar refractivity (Wildman–Crippen MR) is 149 cm³/mol. The Balaban J connectivity index is 1.22. The minimum atomic E-state index is -1.19. The summed E-state index contributed by atoms with van der Waals surface area (Å²) in [6.07, 6.45) is 1.28. The zero-order valence-electron chi connectivity index (χ0n) is 22.3. The zero-order chi connectivity index (χ0) is 28.5. The minimum absolute atomic E-state index is 0.0202. The molecular weight excluding hydrogens is 528 g/mol. The number of aromatic carboxylic acids is 1. The van der Waals surface area contributed by atoms with E-state index in [-0.39, 0.29) is 29.6 Å². The van der Waals surface area contributed by atoms with Crippen molar-refractivity contribution in [1.29, 1.82) is 0 Å². The van der Waals surface area contributed by atoms with Gasteiger partial charge in [0, 0.05) is 30.2 Å². The molecule has 5 aromatic rings. The van der Waals surface area contributed by atoms with E-state index in [2.05, 4.69) is 9.97 Å². The molecule has 0 bridgehead atoms. The standard InChI is InChI=1S/C32H27F2N3O4/c1-19-5-8-22(25(33)13-19)18-41-30-4-2-3-27(35-30)21-9-6-20(7-10-21)14-29-36-31-26(34)15-23(32(38)39)16-28(31)37(29)17-24-11-12-40-24/h2-10,13,15-16,24H,11-12,14,17-18H2,1H3,(H,38,39). The van der Waals surface area contributed by atoms with Gasteiger partial charge in [-0.1, -0.05) is 42.5 Å². The summed E-state index contributed by atoms with van der Waals surface area (Å²) < 4.78 is 42.2. The van der Waals surface area contributed by atoms with Gasteiger partial charge in [0.05, 0.1) is 29.4 Å². The average molecular weight is 556 g/mol. The molecule has 6 rings (SSSR count). The smallest absolute Gasteiger partial charge is 0.335 e. The monoisotopic (exact) mass is 555 g/mol. The van der Waals surface area contributed by atoms with Crippen LogP contribution in [0.2, 0.25) is 0 Å². The number of benzene rings is 3. The number of hydrogen-bond acceptors (Lipinski definition) is 5. The minimum Gasteiger partial charge on any atom is -0.478 e. The molecule has 3 aromatic carbocycles. The van der Waals surface area contributed by atoms with Crippen LogP contribution in [0.15, 0.2) is 72.8 Å². The number of fused-ring (bicyclic) bond motifs is 1. The van der Waals surface area contributed by atoms with Crippen LogP contribution in [0.4, 0.5) is 8.78 Å². The van der Waals surface area contributed by atoms with Crippen LogP contribution in [-0.2, 0) is 24.3 Å². The third kappa shape index (κ3) is 5.67. The van der Waals surface area contributed by atoms with Gasteiger partial charge >= 0.3 is 5.97 Å². The first kappa shape index (κ1) is 26.6. The molecular formula is C32H27F2N3O4. The summed E-state index contributed by atoms with van der Waals surface area (Å²) in [6, 6.07) is 20.7. The van der Waals surface area contributed by atoms with Crippen molar-refractivity contribution in [2.75, 3.05) is 6.61 Å². The van der Waals surface area contributed by atoms with Gasteiger partial charge in [-0.3, -0.25) is 0 Å². The molecule has 1 unspecified atom stereocenters. The summed E-state index contributed by atoms with van der Waals surface area (Å²) in [7, 11) is 0. The molecule has 9 heteroatoms. The van der Waals surface area contributed by atoms with Crippen molar-refractivity contribution in [2.24, 2.45) is 0 Å². The SMILES string of the molecule is Cc1ccc(COc2cccc(-c3ccc(Cc4nc5c(F)cc(C(=O)O)cc5n4CC4CCO4)cc3)n2)c(F)c1. The molecule has 7 nitrogen and oxygen atoms in total. The number of hydrogen-bond donors (Lipinski definition) is 1. The number of carboxylic acids is 1. The molecule has 1 atom stereocenters. The Morgan fingerprint density at radius 2 is 1.85 bits per heavy atom. The molecule has 0 spiro atoms. The van der Waals surface area contributed by atoms with Gasteiger partial charge in [-0.2, -0.15) is 0 Å². The number of carbonyl (C=O) groups is 1. The fourth-order valence-corrected chi connectivity index (χ4v) is 4.88. The second-order valence-corrected chi connectivity index (χ2v) is 10.2. The lowest BCUT2D eigenvalue weighted by Gasteiger charge is -2.27. The van der Waals surface area contributed by atoms with E-state index in [1.54, 1.807) is 12.1 Å². The van der Waals surface area contributed by atoms with E-state index in [0.29, 0.717) is 48.1 Å². The third-order valence-electron chi connectivity index (χ3n) is 7.23. The third-order valence-corrected chi connectivity index (χ3v) is 7.23. The molecule has 1 saturated heterocycles. The molecule has 0 radical (unpaired) electrons. The van der Waals surface area contributed by atoms with E-state index >= 15 is 0 Å². The molecule has 1 aliphatic rings. The quantitative estimate of drug-likeness (QED) is 0.228. The molecule has 1 aliphatic heterocycles. The second-order valence-electron chi connectivity index (χ2n) is 10.2. The highest BCUT2D eigenvalue weighted by atomic mass is 19.1. The van der Waals surface area contributed by atoms with Crippen LogP contribution >= 0.6 is 0 Å². The second kappa shape index (κ2) is 11.1. The molecule has 208 valence electrons. The maximum absolute atomic E-state index is 14.8. The van der Waals surface area contributed by atoms with Gasteiger partial charge in [0.25, 0.3) is 0 Å². The lowest BCUT2D eigenvalue weighted by atomic mass is 10.1. The van der Waals surface area contributed by atoms with Gasteiger partial charge < -0.3 is 19.1 Å². The number of pyridine rings is 1. The fourth-order valence-electron chi connectivity index (χ4n) is 4.88. The zero-order valence-corrected chi connectivity index (χ0v) is 22.3. The molecule has 41 heavy (non-hydrogen) atoms. The van der Waals surface area contributed by atoms with E-state index in [9.17, 15) is 18.7 Å². The Labute approximate surface area is 235 Å². The molecule has 1 fully saturated rings. The van der Waals surface area contributed by atoms with Crippen molar-refractivity contribution in [1.82, 2.24) is 14.5 Å². The number of aromatic nitrogens is 3. The maximum Gasteiger partial charge on any atom is 0.335 e. The number of imidazole rings is 1. The summed E-state index contributed by atoms with van der Waals surface area (Å²) in [4.78, 5) is 20.7. The topological polar surface area (TPSA) is 86.5 Å². The summed E-state index contributed by atoms with van der Waals surface area (Å²) in [6.45, 7) is 3.05. The van der Waals surface area contributed by atoms with Crippen molar-refractivity contribution in [3.8, 4) is 17.1 Å². The van der Waals surface area contributed by atoms with Crippen molar-refractivity contribution in [2.45, 2.75) is 39.0 Å². The molecule has 0 saturated carbocycles. The normalized spacial score (nSPS) is 14.7. The van der Waals surface area contributed by atoms with Gasteiger partial charge in [0.2, 0.25) is 5.88 Å². The van der Waals surface area contributed by atoms with E-state index in [4.69, 9.17) is 9.47 Å². The Hall–Kier alpha value is -4.63. The van der Waals surface area contributed by atoms with Crippen LogP contribution in [0.5, 0.6) is 5.88 Å². The van der Waals surface area contributed by atoms with E-state index < -0.39 is 11.8 Å². The van der Waals surface area contributed by atoms with E-state index in [0.717, 1.165) is 29.2 Å². The van der Waals surface area contributed by atoms with Gasteiger partial charge in [-0.15, -0.1) is 0 Å². The number of carboxylic acid groups (broad SMARTS) is 1. The number of ether oxygens (including phenoxy) is 2. The highest BCUT2D eigenvalue weighted by Crippen LogP contribution is 2.27. The highest BCUT2D eigenvalue weighted by molar-refractivity contribution is 5.92. The Kier molecular flexibility index (Phi) is 7.19. The molecule has 0 amide bonds. The first-order valence-electron chi connectivity index (χ1n) is 13.3. The highest BCUT2D eigenvalue weighted by Gasteiger charge is 2.24. The van der Waals surface area contributed by atoms with E-state index in [1.807, 2.05) is 54.0 Å². The summed E-state index contributed by atoms with van der Waals surface area (Å²) >= 11 is 0. The van der Waals surface area contributed by atoms with Gasteiger partial charge in [0.15, 0.2) is 5.82 Å². The predicted octanol–water partition coefficient (Wildman–Crippen LogP) is 6.34. The lowest BCUT2D eigenvalue weighted by Crippen LogP contribution is -2.31. The van der Waals surface area contributed by atoms with Crippen LogP contribution in [0.3, 0.4) is 0 Å². The van der Waals surface area contributed by atoms with Crippen LogP contribution in [0.1, 0.15) is 39.3 Å². The largest absolute Gasteiger partial charge is 0.478 e. The van der Waals surface area contributed by atoms with Crippen molar-refractivity contribution >= 4 is 17.0 Å². The van der Waals surface area contributed by atoms with E-state index in [1.165, 1.54) is 12.1 Å². The van der Waals surface area contributed by atoms with Crippen LogP contribution in [0.25, 0.3) is 22.3 Å². The number of aryl methyl sites for hydroxylation is 1. The summed E-state index contributed by atoms with van der Waals surface area (Å²) in [5.41, 5.74) is 4.29. The van der Waals surface area contributed by atoms with Crippen LogP contribution in [0, 0.1) is 18.6 Å². The van der Waals surface area contributed by atoms with Gasteiger partial charge in [0.1, 0.15) is 23.8 Å². The molecule has 0 aliphatic carbocycles. The first-order chi connectivity index (χ1) is 19.8. The number of rotatable bonds is 9. The average Bonchev–Trinajstić information content (AvgIpc) is 3.28. The van der Waals surface area contributed by atoms with Crippen molar-refractivity contribution in [3.63, 3.8) is 0 Å². The summed E-state index contributed by atoms with van der Waals surface area (Å²) in [5.74, 6) is -1.15. The maximum atomic E-state index is 14.8. The fraction of sp³-hybridized carbons (Fsp3) is 0.219. The Bertz CT molecular complexity index is 1750. The Morgan fingerprint density at radius 3 is 2.56 bits per heavy atom. The Morgan fingerprint density at radius 1 is 1.05 bits per heavy atom. The number of halogens is 2. The lowest BCUT2D eigenvalue weighted by molar-refractivity contribution is -0.0589. The van der Waals surface area contributed by atoms with Gasteiger partial charge in [-0.05, 0) is 48.7 Å². The van der Waals surface area contributed by atoms with Crippen LogP contribution < -0.4 is 4.74 Å². The van der Waals surface area contributed by atoms with Gasteiger partial charge in [-0.25, -0.2) is 23.5 Å². The summed E-state index contributed by atoms with van der Waals surface area (Å²) in [5, 5.41) is 9.43. The number of nitrogens with zero attached hydrogens (tertiary/aromatic N) is 3. The molecule has 1 N–H and O–H groups in total. The molecule has 2 aromatic heterocycles. The van der Waals surface area contributed by atoms with Crippen molar-refractivity contribution in [3.05, 3.63) is 113 Å². The van der Waals surface area contributed by atoms with Crippen molar-refractivity contribution < 1.29 is 28.2 Å².